The minimum atomic E-state index is -0.0572. The van der Waals surface area contributed by atoms with Crippen molar-refractivity contribution in [1.29, 1.82) is 0 Å². The van der Waals surface area contributed by atoms with Gasteiger partial charge in [-0.3, -0.25) is 4.79 Å². The van der Waals surface area contributed by atoms with Gasteiger partial charge in [0.05, 0.1) is 23.1 Å². The first-order chi connectivity index (χ1) is 9.13. The molecule has 0 fully saturated rings. The third kappa shape index (κ3) is 2.84. The Kier molecular flexibility index (Phi) is 4.00. The minimum Gasteiger partial charge on any atom is -0.352 e. The van der Waals surface area contributed by atoms with Crippen molar-refractivity contribution in [3.05, 3.63) is 47.3 Å². The zero-order chi connectivity index (χ0) is 13.8. The van der Waals surface area contributed by atoms with Crippen LogP contribution >= 0.6 is 0 Å². The molecule has 0 unspecified atom stereocenters. The van der Waals surface area contributed by atoms with Crippen molar-refractivity contribution < 1.29 is 4.79 Å². The molecule has 4 nitrogen and oxygen atoms in total. The zero-order valence-corrected chi connectivity index (χ0v) is 11.6. The number of carbonyl (C=O) groups excluding carboxylic acids is 1. The molecule has 4 heteroatoms. The molecule has 2 rings (SSSR count). The Morgan fingerprint density at radius 2 is 2.16 bits per heavy atom. The lowest BCUT2D eigenvalue weighted by molar-refractivity contribution is 0.0953. The summed E-state index contributed by atoms with van der Waals surface area (Å²) >= 11 is 0. The Balaban J connectivity index is 2.30. The number of carbonyl (C=O) groups is 1. The zero-order valence-electron chi connectivity index (χ0n) is 11.6. The predicted molar refractivity (Wildman–Crippen MR) is 75.7 cm³/mol. The molecule has 0 aliphatic rings. The van der Waals surface area contributed by atoms with Crippen molar-refractivity contribution in [1.82, 2.24) is 15.1 Å². The van der Waals surface area contributed by atoms with Crippen LogP contribution in [0, 0.1) is 13.8 Å². The van der Waals surface area contributed by atoms with Gasteiger partial charge in [-0.1, -0.05) is 19.1 Å². The summed E-state index contributed by atoms with van der Waals surface area (Å²) in [6, 6.07) is 8.06. The summed E-state index contributed by atoms with van der Waals surface area (Å²) in [6.07, 6.45) is 2.56. The van der Waals surface area contributed by atoms with E-state index in [1.807, 2.05) is 45.0 Å². The first-order valence-electron chi connectivity index (χ1n) is 6.53. The van der Waals surface area contributed by atoms with Crippen molar-refractivity contribution >= 4 is 5.91 Å². The van der Waals surface area contributed by atoms with Crippen LogP contribution in [0.15, 0.2) is 30.5 Å². The van der Waals surface area contributed by atoms with E-state index in [4.69, 9.17) is 0 Å². The van der Waals surface area contributed by atoms with Crippen LogP contribution in [0.2, 0.25) is 0 Å². The predicted octanol–water partition coefficient (Wildman–Crippen LogP) is 2.63. The Morgan fingerprint density at radius 1 is 1.37 bits per heavy atom. The second-order valence-corrected chi connectivity index (χ2v) is 4.65. The number of nitrogens with one attached hydrogen (secondary N) is 1. The maximum atomic E-state index is 12.0. The van der Waals surface area contributed by atoms with Gasteiger partial charge in [-0.05, 0) is 38.0 Å². The van der Waals surface area contributed by atoms with Gasteiger partial charge >= 0.3 is 0 Å². The standard InChI is InChI=1S/C15H19N3O/c1-4-8-16-15(19)14-10-17-18(12(14)3)13-7-5-6-11(2)9-13/h5-7,9-10H,4,8H2,1-3H3,(H,16,19). The first kappa shape index (κ1) is 13.3. The third-order valence-electron chi connectivity index (χ3n) is 3.04. The van der Waals surface area contributed by atoms with Gasteiger partial charge in [0.1, 0.15) is 0 Å². The highest BCUT2D eigenvalue weighted by atomic mass is 16.1. The van der Waals surface area contributed by atoms with Crippen molar-refractivity contribution in [3.63, 3.8) is 0 Å². The van der Waals surface area contributed by atoms with E-state index in [9.17, 15) is 4.79 Å². The average Bonchev–Trinajstić information content (AvgIpc) is 2.78. The van der Waals surface area contributed by atoms with Crippen LogP contribution in [-0.2, 0) is 0 Å². The van der Waals surface area contributed by atoms with Crippen molar-refractivity contribution in [2.45, 2.75) is 27.2 Å². The number of hydrogen-bond donors (Lipinski definition) is 1. The molecule has 1 aromatic heterocycles. The molecule has 19 heavy (non-hydrogen) atoms. The Hall–Kier alpha value is -2.10. The second-order valence-electron chi connectivity index (χ2n) is 4.65. The van der Waals surface area contributed by atoms with E-state index in [0.29, 0.717) is 12.1 Å². The Bertz CT molecular complexity index is 587. The lowest BCUT2D eigenvalue weighted by Gasteiger charge is -2.06. The number of amides is 1. The number of rotatable bonds is 4. The van der Waals surface area contributed by atoms with Gasteiger partial charge in [-0.25, -0.2) is 4.68 Å². The maximum Gasteiger partial charge on any atom is 0.254 e. The first-order valence-corrected chi connectivity index (χ1v) is 6.53. The second kappa shape index (κ2) is 5.69. The maximum absolute atomic E-state index is 12.0. The summed E-state index contributed by atoms with van der Waals surface area (Å²) in [7, 11) is 0. The summed E-state index contributed by atoms with van der Waals surface area (Å²) in [5.74, 6) is -0.0572. The normalized spacial score (nSPS) is 10.5. The summed E-state index contributed by atoms with van der Waals surface area (Å²) in [4.78, 5) is 12.0. The van der Waals surface area contributed by atoms with E-state index in [0.717, 1.165) is 17.8 Å². The van der Waals surface area contributed by atoms with E-state index in [-0.39, 0.29) is 5.91 Å². The summed E-state index contributed by atoms with van der Waals surface area (Å²) < 4.78 is 1.80. The molecule has 0 bridgehead atoms. The van der Waals surface area contributed by atoms with E-state index in [1.165, 1.54) is 5.56 Å². The fourth-order valence-electron chi connectivity index (χ4n) is 1.99. The average molecular weight is 257 g/mol. The highest BCUT2D eigenvalue weighted by Crippen LogP contribution is 2.15. The number of aromatic nitrogens is 2. The van der Waals surface area contributed by atoms with Crippen molar-refractivity contribution in [2.75, 3.05) is 6.54 Å². The van der Waals surface area contributed by atoms with Crippen LogP contribution in [0.25, 0.3) is 5.69 Å². The molecule has 0 saturated heterocycles. The van der Waals surface area contributed by atoms with Gasteiger partial charge in [-0.2, -0.15) is 5.10 Å². The molecule has 1 N–H and O–H groups in total. The molecule has 1 heterocycles. The molecule has 0 saturated carbocycles. The van der Waals surface area contributed by atoms with Crippen LogP contribution in [0.3, 0.4) is 0 Å². The van der Waals surface area contributed by atoms with Crippen LogP contribution < -0.4 is 5.32 Å². The van der Waals surface area contributed by atoms with Gasteiger partial charge in [0.25, 0.3) is 5.91 Å². The van der Waals surface area contributed by atoms with Crippen LogP contribution in [0.1, 0.15) is 35.0 Å². The molecule has 0 aliphatic heterocycles. The fraction of sp³-hybridized carbons (Fsp3) is 0.333. The molecule has 1 amide bonds. The Labute approximate surface area is 113 Å². The number of benzene rings is 1. The number of hydrogen-bond acceptors (Lipinski definition) is 2. The van der Waals surface area contributed by atoms with Gasteiger partial charge in [0.15, 0.2) is 0 Å². The van der Waals surface area contributed by atoms with Gasteiger partial charge in [-0.15, -0.1) is 0 Å². The topological polar surface area (TPSA) is 46.9 Å². The number of aryl methyl sites for hydroxylation is 1. The Morgan fingerprint density at radius 3 is 2.84 bits per heavy atom. The van der Waals surface area contributed by atoms with Crippen molar-refractivity contribution in [2.24, 2.45) is 0 Å². The SMILES string of the molecule is CCCNC(=O)c1cnn(-c2cccc(C)c2)c1C. The molecular weight excluding hydrogens is 238 g/mol. The van der Waals surface area contributed by atoms with E-state index < -0.39 is 0 Å². The summed E-state index contributed by atoms with van der Waals surface area (Å²) in [6.45, 7) is 6.67. The van der Waals surface area contributed by atoms with Gasteiger partial charge in [0, 0.05) is 6.54 Å². The molecular formula is C15H19N3O. The molecule has 2 aromatic rings. The third-order valence-corrected chi connectivity index (χ3v) is 3.04. The highest BCUT2D eigenvalue weighted by Gasteiger charge is 2.14. The quantitative estimate of drug-likeness (QED) is 0.915. The van der Waals surface area contributed by atoms with Crippen LogP contribution in [-0.4, -0.2) is 22.2 Å². The summed E-state index contributed by atoms with van der Waals surface area (Å²) in [5.41, 5.74) is 3.64. The largest absolute Gasteiger partial charge is 0.352 e. The lowest BCUT2D eigenvalue weighted by Crippen LogP contribution is -2.24. The van der Waals surface area contributed by atoms with Crippen LogP contribution in [0.5, 0.6) is 0 Å². The van der Waals surface area contributed by atoms with E-state index >= 15 is 0 Å². The molecule has 0 spiro atoms. The van der Waals surface area contributed by atoms with Gasteiger partial charge in [0.2, 0.25) is 0 Å². The van der Waals surface area contributed by atoms with Crippen LogP contribution in [0.4, 0.5) is 0 Å². The van der Waals surface area contributed by atoms with E-state index in [1.54, 1.807) is 10.9 Å². The smallest absolute Gasteiger partial charge is 0.254 e. The highest BCUT2D eigenvalue weighted by molar-refractivity contribution is 5.95. The monoisotopic (exact) mass is 257 g/mol. The molecule has 1 aromatic carbocycles. The van der Waals surface area contributed by atoms with E-state index in [2.05, 4.69) is 10.4 Å². The molecule has 100 valence electrons. The minimum absolute atomic E-state index is 0.0572. The van der Waals surface area contributed by atoms with Crippen molar-refractivity contribution in [3.8, 4) is 5.69 Å². The molecule has 0 radical (unpaired) electrons. The fourth-order valence-corrected chi connectivity index (χ4v) is 1.99. The summed E-state index contributed by atoms with van der Waals surface area (Å²) in [5, 5.41) is 7.19. The lowest BCUT2D eigenvalue weighted by atomic mass is 10.2. The molecule has 0 aliphatic carbocycles. The molecule has 0 atom stereocenters. The van der Waals surface area contributed by atoms with Gasteiger partial charge < -0.3 is 5.32 Å². The number of nitrogens with zero attached hydrogens (tertiary/aromatic N) is 2.